The molecule has 14 atom stereocenters. The summed E-state index contributed by atoms with van der Waals surface area (Å²) in [7, 11) is 3.28. The highest BCUT2D eigenvalue weighted by atomic mass is 16.7. The van der Waals surface area contributed by atoms with Gasteiger partial charge in [-0.2, -0.15) is 0 Å². The third-order valence-electron chi connectivity index (χ3n) is 8.24. The highest BCUT2D eigenvalue weighted by Gasteiger charge is 2.52. The minimum Gasteiger partial charge on any atom is -0.394 e. The first-order chi connectivity index (χ1) is 18.5. The van der Waals surface area contributed by atoms with Crippen LogP contribution in [-0.4, -0.2) is 143 Å². The minimum absolute atomic E-state index is 0.00550. The molecule has 3 heterocycles. The highest BCUT2D eigenvalue weighted by Crippen LogP contribution is 2.36. The predicted molar refractivity (Wildman–Crippen MR) is 133 cm³/mol. The molecule has 226 valence electrons. The maximum absolute atomic E-state index is 12.7. The summed E-state index contributed by atoms with van der Waals surface area (Å²) in [6.45, 7) is 3.37. The van der Waals surface area contributed by atoms with Crippen molar-refractivity contribution in [2.24, 2.45) is 5.92 Å². The molecule has 13 nitrogen and oxygen atoms in total. The first-order valence-corrected chi connectivity index (χ1v) is 14.0. The summed E-state index contributed by atoms with van der Waals surface area (Å²) in [6.07, 6.45) is -9.94. The summed E-state index contributed by atoms with van der Waals surface area (Å²) < 4.78 is 36.4. The van der Waals surface area contributed by atoms with Gasteiger partial charge < -0.3 is 58.9 Å². The van der Waals surface area contributed by atoms with Crippen LogP contribution in [0.25, 0.3) is 0 Å². The van der Waals surface area contributed by atoms with Crippen LogP contribution in [0.15, 0.2) is 0 Å². The van der Waals surface area contributed by atoms with Crippen molar-refractivity contribution in [1.82, 2.24) is 4.90 Å². The topological polar surface area (TPSA) is 177 Å². The fourth-order valence-corrected chi connectivity index (χ4v) is 5.85. The third-order valence-corrected chi connectivity index (χ3v) is 8.24. The molecule has 4 aliphatic rings. The quantitative estimate of drug-likeness (QED) is 0.253. The van der Waals surface area contributed by atoms with E-state index in [1.54, 1.807) is 21.0 Å². The zero-order chi connectivity index (χ0) is 28.4. The Morgan fingerprint density at radius 3 is 2.28 bits per heavy atom. The molecule has 39 heavy (non-hydrogen) atoms. The van der Waals surface area contributed by atoms with Gasteiger partial charge in [-0.1, -0.05) is 13.3 Å². The van der Waals surface area contributed by atoms with Crippen LogP contribution < -0.4 is 0 Å². The number of aliphatic hydroxyl groups excluding tert-OH is 5. The van der Waals surface area contributed by atoms with Crippen molar-refractivity contribution in [1.29, 1.82) is 0 Å². The predicted octanol–water partition coefficient (Wildman–Crippen LogP) is -1.50. The maximum Gasteiger partial charge on any atom is 0.251 e. The lowest BCUT2D eigenvalue weighted by Crippen LogP contribution is -2.64. The molecule has 7 unspecified atom stereocenters. The Bertz CT molecular complexity index is 803. The average Bonchev–Trinajstić information content (AvgIpc) is 2.89. The van der Waals surface area contributed by atoms with Crippen LogP contribution in [0, 0.1) is 5.92 Å². The number of rotatable bonds is 6. The van der Waals surface area contributed by atoms with E-state index in [1.807, 2.05) is 6.92 Å². The van der Waals surface area contributed by atoms with E-state index in [2.05, 4.69) is 0 Å². The monoisotopic (exact) mass is 563 g/mol. The van der Waals surface area contributed by atoms with E-state index in [1.165, 1.54) is 4.90 Å². The van der Waals surface area contributed by atoms with Crippen molar-refractivity contribution in [2.75, 3.05) is 27.3 Å². The zero-order valence-electron chi connectivity index (χ0n) is 23.1. The van der Waals surface area contributed by atoms with Crippen molar-refractivity contribution in [3.8, 4) is 0 Å². The smallest absolute Gasteiger partial charge is 0.251 e. The van der Waals surface area contributed by atoms with Crippen LogP contribution in [-0.2, 0) is 33.2 Å². The van der Waals surface area contributed by atoms with Gasteiger partial charge in [-0.3, -0.25) is 4.79 Å². The van der Waals surface area contributed by atoms with Crippen molar-refractivity contribution in [2.45, 2.75) is 126 Å². The number of carbonyl (C=O) groups is 1. The molecule has 1 amide bonds. The summed E-state index contributed by atoms with van der Waals surface area (Å²) in [5.74, 6) is -0.233. The number of amides is 1. The number of hydrogen-bond donors (Lipinski definition) is 5. The largest absolute Gasteiger partial charge is 0.394 e. The number of aliphatic hydroxyl groups is 5. The third kappa shape index (κ3) is 6.75. The van der Waals surface area contributed by atoms with E-state index in [9.17, 15) is 30.3 Å². The van der Waals surface area contributed by atoms with Crippen LogP contribution >= 0.6 is 0 Å². The van der Waals surface area contributed by atoms with Crippen molar-refractivity contribution >= 4 is 5.91 Å². The summed E-state index contributed by atoms with van der Waals surface area (Å²) >= 11 is 0. The van der Waals surface area contributed by atoms with E-state index in [-0.39, 0.29) is 11.8 Å². The van der Waals surface area contributed by atoms with E-state index in [0.29, 0.717) is 25.9 Å². The molecule has 3 saturated heterocycles. The van der Waals surface area contributed by atoms with Gasteiger partial charge in [0.25, 0.3) is 5.91 Å². The standard InChI is InChI=1S/C26H45NO12/c1-12-7-5-8-14(21(12)39-25-20(32)19(31)17(29)13(2)35-25)37-26-23-22(18(30)16(11-28)38-26)36-15(9-6-10-34-23)24(33)27(3)4/h12-23,25-26,28-32H,5-11H2,1-4H3/t12?,13?,14-,15-,16?,17-,18+,19?,20+,21?,22?,23?,25+,26-/m1/s1. The summed E-state index contributed by atoms with van der Waals surface area (Å²) in [5.41, 5.74) is 0. The Hall–Kier alpha value is -0.970. The van der Waals surface area contributed by atoms with Gasteiger partial charge >= 0.3 is 0 Å². The van der Waals surface area contributed by atoms with E-state index >= 15 is 0 Å². The number of hydrogen-bond acceptors (Lipinski definition) is 12. The fourth-order valence-electron chi connectivity index (χ4n) is 5.85. The van der Waals surface area contributed by atoms with Crippen LogP contribution in [0.5, 0.6) is 0 Å². The second-order valence-corrected chi connectivity index (χ2v) is 11.4. The molecule has 0 aromatic heterocycles. The molecule has 0 spiro atoms. The van der Waals surface area contributed by atoms with Gasteiger partial charge in [0, 0.05) is 20.7 Å². The van der Waals surface area contributed by atoms with Gasteiger partial charge in [-0.15, -0.1) is 0 Å². The molecule has 5 N–H and O–H groups in total. The molecule has 4 rings (SSSR count). The second-order valence-electron chi connectivity index (χ2n) is 11.4. The van der Waals surface area contributed by atoms with Gasteiger partial charge in [0.2, 0.25) is 0 Å². The van der Waals surface area contributed by atoms with Gasteiger partial charge in [-0.25, -0.2) is 0 Å². The number of nitrogens with zero attached hydrogens (tertiary/aromatic N) is 1. The Labute approximate surface area is 228 Å². The molecule has 0 radical (unpaired) electrons. The number of fused-ring (bicyclic) bond motifs is 1. The van der Waals surface area contributed by atoms with Crippen LogP contribution in [0.4, 0.5) is 0 Å². The Morgan fingerprint density at radius 1 is 0.846 bits per heavy atom. The van der Waals surface area contributed by atoms with Gasteiger partial charge in [-0.05, 0) is 38.5 Å². The number of likely N-dealkylation sites (N-methyl/N-ethyl adjacent to an activating group) is 1. The molecule has 13 heteroatoms. The normalized spacial score (nSPS) is 47.5. The summed E-state index contributed by atoms with van der Waals surface area (Å²) in [4.78, 5) is 14.2. The van der Waals surface area contributed by atoms with E-state index in [4.69, 9.17) is 28.4 Å². The minimum atomic E-state index is -1.45. The second kappa shape index (κ2) is 13.3. The molecule has 1 aliphatic carbocycles. The maximum atomic E-state index is 12.7. The van der Waals surface area contributed by atoms with Crippen LogP contribution in [0.1, 0.15) is 46.0 Å². The van der Waals surface area contributed by atoms with Crippen molar-refractivity contribution in [3.63, 3.8) is 0 Å². The molecule has 4 fully saturated rings. The molecule has 0 aromatic carbocycles. The lowest BCUT2D eigenvalue weighted by Gasteiger charge is -2.48. The fraction of sp³-hybridized carbons (Fsp3) is 0.962. The average molecular weight is 564 g/mol. The molecular weight excluding hydrogens is 518 g/mol. The lowest BCUT2D eigenvalue weighted by molar-refractivity contribution is -0.354. The SMILES string of the molecule is CC1CCC[C@@H](O[C@@H]2OC(CO)[C@H](O)C3O[C@@H](C(=O)N(C)C)CCCOC32)C1O[C@@H]1OC(C)[C@@H](O)C(O)[C@@H]1O. The molecular formula is C26H45NO12. The first-order valence-electron chi connectivity index (χ1n) is 14.0. The van der Waals surface area contributed by atoms with Crippen LogP contribution in [0.2, 0.25) is 0 Å². The first kappa shape index (κ1) is 31.0. The lowest BCUT2D eigenvalue weighted by atomic mass is 9.85. The van der Waals surface area contributed by atoms with Gasteiger partial charge in [0.15, 0.2) is 12.6 Å². The van der Waals surface area contributed by atoms with Crippen molar-refractivity contribution < 1.29 is 58.7 Å². The summed E-state index contributed by atoms with van der Waals surface area (Å²) in [5, 5.41) is 51.7. The molecule has 3 aliphatic heterocycles. The molecule has 0 bridgehead atoms. The molecule has 0 aromatic rings. The van der Waals surface area contributed by atoms with Gasteiger partial charge in [0.1, 0.15) is 48.8 Å². The zero-order valence-corrected chi connectivity index (χ0v) is 23.1. The van der Waals surface area contributed by atoms with Gasteiger partial charge in [0.05, 0.1) is 24.9 Å². The van der Waals surface area contributed by atoms with Crippen molar-refractivity contribution in [3.05, 3.63) is 0 Å². The molecule has 1 saturated carbocycles. The Morgan fingerprint density at radius 2 is 1.59 bits per heavy atom. The van der Waals surface area contributed by atoms with E-state index in [0.717, 1.165) is 12.8 Å². The number of carbonyl (C=O) groups excluding carboxylic acids is 1. The highest BCUT2D eigenvalue weighted by molar-refractivity contribution is 5.80. The van der Waals surface area contributed by atoms with E-state index < -0.39 is 86.3 Å². The Kier molecular flexibility index (Phi) is 10.6. The number of ether oxygens (including phenoxy) is 6. The van der Waals surface area contributed by atoms with Crippen LogP contribution in [0.3, 0.4) is 0 Å². The Balaban J connectivity index is 1.53. The summed E-state index contributed by atoms with van der Waals surface area (Å²) in [6, 6.07) is 0.